The fourth-order valence-corrected chi connectivity index (χ4v) is 4.40. The first kappa shape index (κ1) is 28.7. The van der Waals surface area contributed by atoms with Gasteiger partial charge in [0.25, 0.3) is 0 Å². The number of carbonyl (C=O) groups excluding carboxylic acids is 1. The Balaban J connectivity index is 1.70. The molecule has 0 aliphatic rings. The molecule has 4 rings (SSSR count). The fraction of sp³-hybridized carbons (Fsp3) is 0.226. The Morgan fingerprint density at radius 3 is 2.40 bits per heavy atom. The minimum Gasteiger partial charge on any atom is -0.438 e. The fourth-order valence-electron chi connectivity index (χ4n) is 4.40. The van der Waals surface area contributed by atoms with Crippen LogP contribution in [0.15, 0.2) is 85.1 Å². The maximum atomic E-state index is 14.7. The summed E-state index contributed by atoms with van der Waals surface area (Å²) in [5, 5.41) is 0. The van der Waals surface area contributed by atoms with Crippen molar-refractivity contribution in [3.63, 3.8) is 0 Å². The average Bonchev–Trinajstić information content (AvgIpc) is 2.92. The summed E-state index contributed by atoms with van der Waals surface area (Å²) in [6.45, 7) is 3.29. The second-order valence-corrected chi connectivity index (χ2v) is 9.43. The van der Waals surface area contributed by atoms with Crippen molar-refractivity contribution in [2.75, 3.05) is 4.90 Å². The van der Waals surface area contributed by atoms with E-state index >= 15 is 0 Å². The highest BCUT2D eigenvalue weighted by Gasteiger charge is 2.35. The first-order chi connectivity index (χ1) is 19.0. The minimum atomic E-state index is -4.68. The van der Waals surface area contributed by atoms with Gasteiger partial charge < -0.3 is 9.64 Å². The van der Waals surface area contributed by atoms with E-state index < -0.39 is 29.3 Å². The molecule has 0 saturated carbocycles. The maximum Gasteiger partial charge on any atom is 0.421 e. The molecule has 1 atom stereocenters. The standard InChI is InChI=1S/C31H27F5N2O2/c1-20(10-11-22-7-4-3-5-8-22)38(19-23-12-13-24(32)17-28(23)33)29-15-14-25(18-26(29)21(2)39)40-30-27(31(34,35)36)9-6-16-37-30/h3-9,12-18,20H,10-11,19H2,1-2H3. The van der Waals surface area contributed by atoms with Crippen LogP contribution >= 0.6 is 0 Å². The number of alkyl halides is 3. The maximum absolute atomic E-state index is 14.7. The molecule has 9 heteroatoms. The van der Waals surface area contributed by atoms with E-state index in [2.05, 4.69) is 4.98 Å². The SMILES string of the molecule is CC(=O)c1cc(Oc2ncccc2C(F)(F)F)ccc1N(Cc1ccc(F)cc1F)C(C)CCc1ccccc1. The number of aromatic nitrogens is 1. The Morgan fingerprint density at radius 1 is 0.975 bits per heavy atom. The lowest BCUT2D eigenvalue weighted by Crippen LogP contribution is -2.34. The molecule has 0 amide bonds. The number of pyridine rings is 1. The van der Waals surface area contributed by atoms with Gasteiger partial charge in [0.05, 0.1) is 0 Å². The molecule has 1 heterocycles. The van der Waals surface area contributed by atoms with Crippen molar-refractivity contribution in [2.24, 2.45) is 0 Å². The van der Waals surface area contributed by atoms with Crippen LogP contribution in [0.3, 0.4) is 0 Å². The number of carbonyl (C=O) groups is 1. The van der Waals surface area contributed by atoms with E-state index in [4.69, 9.17) is 4.74 Å². The number of aryl methyl sites for hydroxylation is 1. The molecule has 0 bridgehead atoms. The van der Waals surface area contributed by atoms with Gasteiger partial charge in [-0.25, -0.2) is 13.8 Å². The predicted octanol–water partition coefficient (Wildman–Crippen LogP) is 8.40. The summed E-state index contributed by atoms with van der Waals surface area (Å²) < 4.78 is 74.1. The molecule has 208 valence electrons. The molecule has 4 nitrogen and oxygen atoms in total. The molecule has 0 spiro atoms. The highest BCUT2D eigenvalue weighted by molar-refractivity contribution is 6.00. The van der Waals surface area contributed by atoms with Gasteiger partial charge in [0, 0.05) is 41.7 Å². The molecular weight excluding hydrogens is 527 g/mol. The van der Waals surface area contributed by atoms with Crippen molar-refractivity contribution >= 4 is 11.5 Å². The number of halogens is 5. The quantitative estimate of drug-likeness (QED) is 0.146. The number of benzene rings is 3. The second-order valence-electron chi connectivity index (χ2n) is 9.43. The van der Waals surface area contributed by atoms with Crippen LogP contribution in [0.2, 0.25) is 0 Å². The molecule has 1 unspecified atom stereocenters. The molecule has 4 aromatic rings. The second kappa shape index (κ2) is 12.3. The van der Waals surface area contributed by atoms with Crippen LogP contribution in [0.5, 0.6) is 11.6 Å². The molecule has 0 saturated heterocycles. The molecular formula is C31H27F5N2O2. The summed E-state index contributed by atoms with van der Waals surface area (Å²) in [6, 6.07) is 19.3. The van der Waals surface area contributed by atoms with E-state index in [0.717, 1.165) is 23.8 Å². The third-order valence-electron chi connectivity index (χ3n) is 6.53. The summed E-state index contributed by atoms with van der Waals surface area (Å²) >= 11 is 0. The third-order valence-corrected chi connectivity index (χ3v) is 6.53. The van der Waals surface area contributed by atoms with Crippen molar-refractivity contribution in [3.05, 3.63) is 119 Å². The largest absolute Gasteiger partial charge is 0.438 e. The van der Waals surface area contributed by atoms with Gasteiger partial charge in [-0.05, 0) is 68.7 Å². The van der Waals surface area contributed by atoms with Crippen molar-refractivity contribution in [1.82, 2.24) is 4.98 Å². The highest BCUT2D eigenvalue weighted by atomic mass is 19.4. The Labute approximate surface area is 229 Å². The van der Waals surface area contributed by atoms with Crippen LogP contribution in [0.1, 0.15) is 47.3 Å². The van der Waals surface area contributed by atoms with E-state index in [1.54, 1.807) is 6.07 Å². The number of Topliss-reactive ketones (excluding diaryl/α,β-unsaturated/α-hetero) is 1. The normalized spacial score (nSPS) is 12.2. The third kappa shape index (κ3) is 7.02. The number of ketones is 1. The van der Waals surface area contributed by atoms with Gasteiger partial charge in [-0.3, -0.25) is 4.79 Å². The molecule has 3 aromatic carbocycles. The molecule has 40 heavy (non-hydrogen) atoms. The number of hydrogen-bond acceptors (Lipinski definition) is 4. The van der Waals surface area contributed by atoms with Crippen molar-refractivity contribution in [1.29, 1.82) is 0 Å². The topological polar surface area (TPSA) is 42.4 Å². The Kier molecular flexibility index (Phi) is 8.82. The summed E-state index contributed by atoms with van der Waals surface area (Å²) in [4.78, 5) is 18.3. The first-order valence-corrected chi connectivity index (χ1v) is 12.6. The van der Waals surface area contributed by atoms with Gasteiger partial charge in [0.1, 0.15) is 22.9 Å². The molecule has 0 aliphatic heterocycles. The zero-order valence-electron chi connectivity index (χ0n) is 21.9. The Bertz CT molecular complexity index is 1470. The average molecular weight is 555 g/mol. The van der Waals surface area contributed by atoms with Crippen molar-refractivity contribution in [3.8, 4) is 11.6 Å². The summed E-state index contributed by atoms with van der Waals surface area (Å²) in [5.74, 6) is -2.44. The van der Waals surface area contributed by atoms with Gasteiger partial charge >= 0.3 is 6.18 Å². The first-order valence-electron chi connectivity index (χ1n) is 12.6. The van der Waals surface area contributed by atoms with Crippen LogP contribution in [-0.4, -0.2) is 16.8 Å². The molecule has 0 aliphatic carbocycles. The van der Waals surface area contributed by atoms with Crippen LogP contribution < -0.4 is 9.64 Å². The van der Waals surface area contributed by atoms with Gasteiger partial charge in [0.2, 0.25) is 5.88 Å². The van der Waals surface area contributed by atoms with E-state index in [0.29, 0.717) is 18.5 Å². The number of anilines is 1. The van der Waals surface area contributed by atoms with Gasteiger partial charge in [-0.2, -0.15) is 13.2 Å². The lowest BCUT2D eigenvalue weighted by molar-refractivity contribution is -0.138. The molecule has 0 radical (unpaired) electrons. The molecule has 1 aromatic heterocycles. The lowest BCUT2D eigenvalue weighted by Gasteiger charge is -2.33. The molecule has 0 fully saturated rings. The number of ether oxygens (including phenoxy) is 1. The predicted molar refractivity (Wildman–Crippen MR) is 143 cm³/mol. The summed E-state index contributed by atoms with van der Waals surface area (Å²) in [6.07, 6.45) is -2.15. The van der Waals surface area contributed by atoms with Gasteiger partial charge in [-0.15, -0.1) is 0 Å². The van der Waals surface area contributed by atoms with E-state index in [9.17, 15) is 26.7 Å². The number of hydrogen-bond donors (Lipinski definition) is 0. The van der Waals surface area contributed by atoms with Gasteiger partial charge in [-0.1, -0.05) is 36.4 Å². The van der Waals surface area contributed by atoms with Gasteiger partial charge in [0.15, 0.2) is 5.78 Å². The minimum absolute atomic E-state index is 0.0111. The van der Waals surface area contributed by atoms with E-state index in [-0.39, 0.29) is 35.2 Å². The summed E-state index contributed by atoms with van der Waals surface area (Å²) in [5.41, 5.74) is 0.906. The van der Waals surface area contributed by atoms with Crippen molar-refractivity contribution < 1.29 is 31.5 Å². The zero-order chi connectivity index (χ0) is 28.9. The Hall–Kier alpha value is -4.27. The van der Waals surface area contributed by atoms with E-state index in [1.165, 1.54) is 37.4 Å². The Morgan fingerprint density at radius 2 is 1.73 bits per heavy atom. The number of rotatable bonds is 10. The summed E-state index contributed by atoms with van der Waals surface area (Å²) in [7, 11) is 0. The number of nitrogens with zero attached hydrogens (tertiary/aromatic N) is 2. The highest BCUT2D eigenvalue weighted by Crippen LogP contribution is 2.38. The van der Waals surface area contributed by atoms with Crippen molar-refractivity contribution in [2.45, 2.75) is 45.5 Å². The zero-order valence-corrected chi connectivity index (χ0v) is 21.9. The van der Waals surface area contributed by atoms with Crippen LogP contribution in [0, 0.1) is 11.6 Å². The van der Waals surface area contributed by atoms with Crippen LogP contribution in [0.4, 0.5) is 27.6 Å². The lowest BCUT2D eigenvalue weighted by atomic mass is 10.0. The van der Waals surface area contributed by atoms with Crippen LogP contribution in [0.25, 0.3) is 0 Å². The monoisotopic (exact) mass is 554 g/mol. The smallest absolute Gasteiger partial charge is 0.421 e. The molecule has 0 N–H and O–H groups in total. The van der Waals surface area contributed by atoms with Crippen LogP contribution in [-0.2, 0) is 19.1 Å². The van der Waals surface area contributed by atoms with E-state index in [1.807, 2.05) is 42.2 Å².